The molecule has 1 atom stereocenters. The highest BCUT2D eigenvalue weighted by Crippen LogP contribution is 2.22. The predicted molar refractivity (Wildman–Crippen MR) is 78.3 cm³/mol. The molecule has 2 aromatic rings. The van der Waals surface area contributed by atoms with Crippen LogP contribution in [0.5, 0.6) is 0 Å². The van der Waals surface area contributed by atoms with Gasteiger partial charge in [-0.15, -0.1) is 0 Å². The van der Waals surface area contributed by atoms with Crippen LogP contribution in [-0.2, 0) is 17.8 Å². The zero-order valence-corrected chi connectivity index (χ0v) is 11.6. The summed E-state index contributed by atoms with van der Waals surface area (Å²) >= 11 is 0. The van der Waals surface area contributed by atoms with E-state index < -0.39 is 0 Å². The van der Waals surface area contributed by atoms with E-state index in [1.54, 1.807) is 0 Å². The van der Waals surface area contributed by atoms with E-state index in [-0.39, 0.29) is 0 Å². The maximum Gasteiger partial charge on any atom is 0.0754 e. The van der Waals surface area contributed by atoms with E-state index in [0.29, 0.717) is 6.10 Å². The number of rotatable bonds is 5. The molecule has 1 aliphatic heterocycles. The highest BCUT2D eigenvalue weighted by Gasteiger charge is 2.16. The summed E-state index contributed by atoms with van der Waals surface area (Å²) in [5.41, 5.74) is 2.70. The van der Waals surface area contributed by atoms with Crippen molar-refractivity contribution in [3.63, 3.8) is 0 Å². The van der Waals surface area contributed by atoms with Gasteiger partial charge in [0, 0.05) is 36.8 Å². The van der Waals surface area contributed by atoms with Crippen LogP contribution in [-0.4, -0.2) is 23.8 Å². The van der Waals surface area contributed by atoms with Gasteiger partial charge in [0.2, 0.25) is 0 Å². The summed E-state index contributed by atoms with van der Waals surface area (Å²) < 4.78 is 8.07. The van der Waals surface area contributed by atoms with Gasteiger partial charge in [-0.05, 0) is 37.1 Å². The minimum atomic E-state index is 0.396. The third-order valence-electron chi connectivity index (χ3n) is 3.89. The Balaban J connectivity index is 1.85. The normalized spacial score (nSPS) is 19.3. The third-order valence-corrected chi connectivity index (χ3v) is 3.89. The third kappa shape index (κ3) is 2.67. The molecule has 0 amide bonds. The molecule has 0 aliphatic carbocycles. The van der Waals surface area contributed by atoms with Crippen molar-refractivity contribution in [2.24, 2.45) is 0 Å². The van der Waals surface area contributed by atoms with Crippen molar-refractivity contribution in [3.05, 3.63) is 36.0 Å². The van der Waals surface area contributed by atoms with Gasteiger partial charge in [0.25, 0.3) is 0 Å². The number of hydrogen-bond donors (Lipinski definition) is 1. The quantitative estimate of drug-likeness (QED) is 0.892. The summed E-state index contributed by atoms with van der Waals surface area (Å²) in [5.74, 6) is 0. The molecule has 0 saturated carbocycles. The van der Waals surface area contributed by atoms with E-state index in [2.05, 4.69) is 47.3 Å². The van der Waals surface area contributed by atoms with Crippen LogP contribution in [0.25, 0.3) is 10.9 Å². The fraction of sp³-hybridized carbons (Fsp3) is 0.500. The number of fused-ring (bicyclic) bond motifs is 1. The lowest BCUT2D eigenvalue weighted by molar-refractivity contribution is 0.0980. The van der Waals surface area contributed by atoms with Crippen LogP contribution < -0.4 is 5.32 Å². The second kappa shape index (κ2) is 5.76. The van der Waals surface area contributed by atoms with E-state index in [4.69, 9.17) is 4.74 Å². The summed E-state index contributed by atoms with van der Waals surface area (Å²) in [6.45, 7) is 6.00. The lowest BCUT2D eigenvalue weighted by Crippen LogP contribution is -2.14. The maximum absolute atomic E-state index is 5.74. The monoisotopic (exact) mass is 258 g/mol. The van der Waals surface area contributed by atoms with Crippen molar-refractivity contribution < 1.29 is 4.74 Å². The molecule has 1 unspecified atom stereocenters. The van der Waals surface area contributed by atoms with Crippen LogP contribution in [0.1, 0.15) is 25.3 Å². The van der Waals surface area contributed by atoms with E-state index in [9.17, 15) is 0 Å². The molecular weight excluding hydrogens is 236 g/mol. The van der Waals surface area contributed by atoms with E-state index >= 15 is 0 Å². The number of ether oxygens (including phenoxy) is 1. The number of benzene rings is 1. The molecule has 3 nitrogen and oxygen atoms in total. The first-order valence-corrected chi connectivity index (χ1v) is 7.27. The van der Waals surface area contributed by atoms with E-state index in [1.807, 2.05) is 0 Å². The van der Waals surface area contributed by atoms with Crippen LogP contribution >= 0.6 is 0 Å². The van der Waals surface area contributed by atoms with Crippen LogP contribution in [0.2, 0.25) is 0 Å². The van der Waals surface area contributed by atoms with Crippen LogP contribution in [0.15, 0.2) is 30.5 Å². The summed E-state index contributed by atoms with van der Waals surface area (Å²) in [5, 5.41) is 4.77. The first kappa shape index (κ1) is 12.7. The smallest absolute Gasteiger partial charge is 0.0754 e. The van der Waals surface area contributed by atoms with Gasteiger partial charge in [0.15, 0.2) is 0 Å². The van der Waals surface area contributed by atoms with Gasteiger partial charge in [0.05, 0.1) is 6.10 Å². The fourth-order valence-corrected chi connectivity index (χ4v) is 2.87. The molecule has 1 aliphatic rings. The molecule has 19 heavy (non-hydrogen) atoms. The van der Waals surface area contributed by atoms with E-state index in [1.165, 1.54) is 29.3 Å². The average molecular weight is 258 g/mol. The maximum atomic E-state index is 5.74. The van der Waals surface area contributed by atoms with Gasteiger partial charge < -0.3 is 14.6 Å². The van der Waals surface area contributed by atoms with Crippen molar-refractivity contribution in [2.75, 3.05) is 13.2 Å². The molecule has 102 valence electrons. The van der Waals surface area contributed by atoms with Gasteiger partial charge in [-0.1, -0.05) is 19.1 Å². The van der Waals surface area contributed by atoms with Crippen LogP contribution in [0.3, 0.4) is 0 Å². The van der Waals surface area contributed by atoms with Crippen molar-refractivity contribution in [3.8, 4) is 0 Å². The number of aromatic nitrogens is 1. The number of nitrogens with one attached hydrogen (secondary N) is 1. The zero-order valence-electron chi connectivity index (χ0n) is 11.6. The average Bonchev–Trinajstić information content (AvgIpc) is 3.07. The molecule has 3 heteroatoms. The molecule has 1 N–H and O–H groups in total. The fourth-order valence-electron chi connectivity index (χ4n) is 2.87. The first-order valence-electron chi connectivity index (χ1n) is 7.27. The highest BCUT2D eigenvalue weighted by molar-refractivity contribution is 5.83. The zero-order chi connectivity index (χ0) is 13.1. The lowest BCUT2D eigenvalue weighted by Gasteiger charge is -2.12. The molecule has 0 bridgehead atoms. The largest absolute Gasteiger partial charge is 0.376 e. The Labute approximate surface area is 114 Å². The Morgan fingerprint density at radius 3 is 3.11 bits per heavy atom. The van der Waals surface area contributed by atoms with Gasteiger partial charge in [-0.3, -0.25) is 0 Å². The Morgan fingerprint density at radius 2 is 2.32 bits per heavy atom. The van der Waals surface area contributed by atoms with Gasteiger partial charge in [0.1, 0.15) is 0 Å². The van der Waals surface area contributed by atoms with Crippen molar-refractivity contribution >= 4 is 10.9 Å². The number of hydrogen-bond acceptors (Lipinski definition) is 2. The minimum Gasteiger partial charge on any atom is -0.376 e. The topological polar surface area (TPSA) is 26.2 Å². The molecule has 1 saturated heterocycles. The summed E-state index contributed by atoms with van der Waals surface area (Å²) in [6.07, 6.45) is 4.99. The molecule has 0 spiro atoms. The molecule has 1 fully saturated rings. The highest BCUT2D eigenvalue weighted by atomic mass is 16.5. The number of nitrogens with zero attached hydrogens (tertiary/aromatic N) is 1. The van der Waals surface area contributed by atoms with Gasteiger partial charge in [-0.25, -0.2) is 0 Å². The predicted octanol–water partition coefficient (Wildman–Crippen LogP) is 2.93. The van der Waals surface area contributed by atoms with Crippen molar-refractivity contribution in [1.29, 1.82) is 0 Å². The first-order chi connectivity index (χ1) is 9.38. The van der Waals surface area contributed by atoms with Crippen molar-refractivity contribution in [1.82, 2.24) is 9.88 Å². The Kier molecular flexibility index (Phi) is 3.85. The molecule has 1 aromatic heterocycles. The van der Waals surface area contributed by atoms with Gasteiger partial charge >= 0.3 is 0 Å². The van der Waals surface area contributed by atoms with Crippen LogP contribution in [0.4, 0.5) is 0 Å². The molecule has 2 heterocycles. The van der Waals surface area contributed by atoms with Crippen molar-refractivity contribution in [2.45, 2.75) is 39.0 Å². The minimum absolute atomic E-state index is 0.396. The SMILES string of the molecule is CCNCc1cccc2c1ccn2CC1CCCO1. The molecular formula is C16H22N2O. The summed E-state index contributed by atoms with van der Waals surface area (Å²) in [6, 6.07) is 8.80. The Bertz CT molecular complexity index is 541. The molecule has 1 aromatic carbocycles. The second-order valence-electron chi connectivity index (χ2n) is 5.23. The summed E-state index contributed by atoms with van der Waals surface area (Å²) in [7, 11) is 0. The van der Waals surface area contributed by atoms with Crippen LogP contribution in [0, 0.1) is 0 Å². The molecule has 0 radical (unpaired) electrons. The Morgan fingerprint density at radius 1 is 1.37 bits per heavy atom. The second-order valence-corrected chi connectivity index (χ2v) is 5.23. The lowest BCUT2D eigenvalue weighted by atomic mass is 10.1. The molecule has 3 rings (SSSR count). The van der Waals surface area contributed by atoms with Gasteiger partial charge in [-0.2, -0.15) is 0 Å². The standard InChI is InChI=1S/C16H22N2O/c1-2-17-11-13-5-3-7-16-15(13)8-9-18(16)12-14-6-4-10-19-14/h3,5,7-9,14,17H,2,4,6,10-12H2,1H3. The Hall–Kier alpha value is -1.32. The summed E-state index contributed by atoms with van der Waals surface area (Å²) in [4.78, 5) is 0. The van der Waals surface area contributed by atoms with E-state index in [0.717, 1.165) is 26.2 Å².